The van der Waals surface area contributed by atoms with Gasteiger partial charge in [0.2, 0.25) is 0 Å². The lowest BCUT2D eigenvalue weighted by molar-refractivity contribution is 0.110. The molecule has 1 aliphatic rings. The second kappa shape index (κ2) is 5.78. The van der Waals surface area contributed by atoms with Crippen LogP contribution in [0.2, 0.25) is 0 Å². The Morgan fingerprint density at radius 2 is 1.67 bits per heavy atom. The van der Waals surface area contributed by atoms with Crippen molar-refractivity contribution >= 4 is 10.8 Å². The largest absolute Gasteiger partial charge is 0.311 e. The maximum absolute atomic E-state index is 3.56. The highest BCUT2D eigenvalue weighted by molar-refractivity contribution is 5.83. The van der Waals surface area contributed by atoms with Gasteiger partial charge >= 0.3 is 0 Å². The number of likely N-dealkylation sites (N-methyl/N-ethyl adjacent to an activating group) is 1. The van der Waals surface area contributed by atoms with Crippen molar-refractivity contribution < 1.29 is 0 Å². The Labute approximate surface area is 128 Å². The molecular weight excluding hydrogens is 256 g/mol. The average molecular weight is 282 g/mol. The zero-order chi connectivity index (χ0) is 14.9. The minimum atomic E-state index is 0.133. The topological polar surface area (TPSA) is 15.3 Å². The summed E-state index contributed by atoms with van der Waals surface area (Å²) in [6.45, 7) is 7.18. The first-order valence-electron chi connectivity index (χ1n) is 8.04. The summed E-state index contributed by atoms with van der Waals surface area (Å²) in [5.74, 6) is 0. The lowest BCUT2D eigenvalue weighted by Gasteiger charge is -2.42. The molecular formula is C19H26N2. The second-order valence-corrected chi connectivity index (χ2v) is 6.68. The first kappa shape index (κ1) is 14.6. The molecule has 0 aromatic heterocycles. The van der Waals surface area contributed by atoms with Crippen LogP contribution in [-0.4, -0.2) is 30.6 Å². The molecule has 1 heterocycles. The van der Waals surface area contributed by atoms with Gasteiger partial charge in [-0.15, -0.1) is 0 Å². The summed E-state index contributed by atoms with van der Waals surface area (Å²) in [6, 6.07) is 15.8. The Kier molecular flexibility index (Phi) is 4.01. The highest BCUT2D eigenvalue weighted by Gasteiger charge is 2.36. The van der Waals surface area contributed by atoms with Gasteiger partial charge in [-0.1, -0.05) is 36.4 Å². The van der Waals surface area contributed by atoms with Gasteiger partial charge in [-0.2, -0.15) is 0 Å². The van der Waals surface area contributed by atoms with Crippen LogP contribution in [0.3, 0.4) is 0 Å². The van der Waals surface area contributed by atoms with Crippen LogP contribution < -0.4 is 5.32 Å². The maximum atomic E-state index is 3.56. The number of likely N-dealkylation sites (tertiary alicyclic amines) is 1. The zero-order valence-corrected chi connectivity index (χ0v) is 13.4. The van der Waals surface area contributed by atoms with Crippen LogP contribution >= 0.6 is 0 Å². The summed E-state index contributed by atoms with van der Waals surface area (Å²) in [4.78, 5) is 2.63. The van der Waals surface area contributed by atoms with Gasteiger partial charge in [0.05, 0.1) is 0 Å². The number of hydrogen-bond donors (Lipinski definition) is 1. The molecule has 1 aliphatic heterocycles. The molecule has 1 N–H and O–H groups in total. The molecule has 2 aromatic carbocycles. The van der Waals surface area contributed by atoms with Crippen LogP contribution in [0.15, 0.2) is 42.5 Å². The first-order chi connectivity index (χ1) is 10.1. The first-order valence-corrected chi connectivity index (χ1v) is 8.04. The molecule has 1 fully saturated rings. The summed E-state index contributed by atoms with van der Waals surface area (Å²) in [6.07, 6.45) is 2.66. The molecule has 1 saturated heterocycles. The van der Waals surface area contributed by atoms with Crippen LogP contribution in [0.1, 0.15) is 38.3 Å². The van der Waals surface area contributed by atoms with E-state index in [1.54, 1.807) is 0 Å². The van der Waals surface area contributed by atoms with Crippen molar-refractivity contribution in [2.75, 3.05) is 20.1 Å². The van der Waals surface area contributed by atoms with E-state index in [1.807, 2.05) is 0 Å². The van der Waals surface area contributed by atoms with E-state index < -0.39 is 0 Å². The fourth-order valence-electron chi connectivity index (χ4n) is 3.79. The normalized spacial score (nSPS) is 18.2. The molecule has 3 rings (SSSR count). The number of benzene rings is 2. The number of nitrogens with one attached hydrogen (secondary N) is 1. The Morgan fingerprint density at radius 3 is 2.33 bits per heavy atom. The molecule has 21 heavy (non-hydrogen) atoms. The zero-order valence-electron chi connectivity index (χ0n) is 13.4. The van der Waals surface area contributed by atoms with Crippen LogP contribution in [-0.2, 0) is 0 Å². The van der Waals surface area contributed by atoms with E-state index in [1.165, 1.54) is 42.3 Å². The predicted octanol–water partition coefficient (Wildman–Crippen LogP) is 3.97. The Hall–Kier alpha value is -1.38. The third kappa shape index (κ3) is 2.70. The average Bonchev–Trinajstić information content (AvgIpc) is 3.02. The van der Waals surface area contributed by atoms with Crippen molar-refractivity contribution in [3.05, 3.63) is 48.0 Å². The Morgan fingerprint density at radius 1 is 1.00 bits per heavy atom. The minimum absolute atomic E-state index is 0.133. The second-order valence-electron chi connectivity index (χ2n) is 6.68. The summed E-state index contributed by atoms with van der Waals surface area (Å²) < 4.78 is 0. The smallest absolute Gasteiger partial charge is 0.0499 e. The number of rotatable bonds is 4. The molecule has 112 valence electrons. The van der Waals surface area contributed by atoms with Crippen molar-refractivity contribution in [3.63, 3.8) is 0 Å². The van der Waals surface area contributed by atoms with E-state index in [0.29, 0.717) is 6.04 Å². The molecule has 0 bridgehead atoms. The van der Waals surface area contributed by atoms with Gasteiger partial charge in [0.1, 0.15) is 0 Å². The fourth-order valence-corrected chi connectivity index (χ4v) is 3.79. The van der Waals surface area contributed by atoms with E-state index in [4.69, 9.17) is 0 Å². The fraction of sp³-hybridized carbons (Fsp3) is 0.474. The van der Waals surface area contributed by atoms with E-state index in [0.717, 1.165) is 0 Å². The van der Waals surface area contributed by atoms with Gasteiger partial charge in [-0.25, -0.2) is 0 Å². The summed E-state index contributed by atoms with van der Waals surface area (Å²) in [7, 11) is 2.08. The number of hydrogen-bond acceptors (Lipinski definition) is 2. The molecule has 2 heteroatoms. The maximum Gasteiger partial charge on any atom is 0.0499 e. The van der Waals surface area contributed by atoms with Crippen molar-refractivity contribution in [1.29, 1.82) is 0 Å². The van der Waals surface area contributed by atoms with E-state index in [9.17, 15) is 0 Å². The van der Waals surface area contributed by atoms with Gasteiger partial charge in [0.25, 0.3) is 0 Å². The van der Waals surface area contributed by atoms with Crippen LogP contribution in [0.5, 0.6) is 0 Å². The molecule has 0 aliphatic carbocycles. The van der Waals surface area contributed by atoms with Crippen LogP contribution in [0.25, 0.3) is 10.8 Å². The van der Waals surface area contributed by atoms with Crippen LogP contribution in [0.4, 0.5) is 0 Å². The highest BCUT2D eigenvalue weighted by atomic mass is 15.2. The van der Waals surface area contributed by atoms with E-state index in [2.05, 4.69) is 73.6 Å². The van der Waals surface area contributed by atoms with Crippen LogP contribution in [0, 0.1) is 0 Å². The molecule has 1 unspecified atom stereocenters. The molecule has 2 aromatic rings. The molecule has 2 nitrogen and oxygen atoms in total. The molecule has 0 spiro atoms. The lowest BCUT2D eigenvalue weighted by Crippen LogP contribution is -2.50. The monoisotopic (exact) mass is 282 g/mol. The molecule has 0 amide bonds. The lowest BCUT2D eigenvalue weighted by atomic mass is 9.86. The summed E-state index contributed by atoms with van der Waals surface area (Å²) in [5, 5.41) is 6.20. The Balaban J connectivity index is 1.96. The van der Waals surface area contributed by atoms with Crippen molar-refractivity contribution in [3.8, 4) is 0 Å². The summed E-state index contributed by atoms with van der Waals surface area (Å²) in [5.41, 5.74) is 1.52. The molecule has 0 saturated carbocycles. The van der Waals surface area contributed by atoms with E-state index in [-0.39, 0.29) is 5.54 Å². The van der Waals surface area contributed by atoms with E-state index >= 15 is 0 Å². The highest BCUT2D eigenvalue weighted by Crippen LogP contribution is 2.34. The van der Waals surface area contributed by atoms with Crippen molar-refractivity contribution in [2.24, 2.45) is 0 Å². The Bertz CT molecular complexity index is 612. The standard InChI is InChI=1S/C19H26N2/c1-19(2,21-12-6-7-13-21)18(20-3)17-11-10-15-8-4-5-9-16(15)14-17/h4-5,8-11,14,18,20H,6-7,12-13H2,1-3H3. The summed E-state index contributed by atoms with van der Waals surface area (Å²) >= 11 is 0. The van der Waals surface area contributed by atoms with Gasteiger partial charge < -0.3 is 5.32 Å². The van der Waals surface area contributed by atoms with Crippen molar-refractivity contribution in [2.45, 2.75) is 38.3 Å². The molecule has 0 radical (unpaired) electrons. The third-order valence-corrected chi connectivity index (χ3v) is 5.02. The third-order valence-electron chi connectivity index (χ3n) is 5.02. The predicted molar refractivity (Wildman–Crippen MR) is 90.6 cm³/mol. The number of fused-ring (bicyclic) bond motifs is 1. The number of nitrogens with zero attached hydrogens (tertiary/aromatic N) is 1. The van der Waals surface area contributed by atoms with Gasteiger partial charge in [-0.3, -0.25) is 4.90 Å². The quantitative estimate of drug-likeness (QED) is 0.912. The SMILES string of the molecule is CNC(c1ccc2ccccc2c1)C(C)(C)N1CCCC1. The van der Waals surface area contributed by atoms with Gasteiger partial charge in [0.15, 0.2) is 0 Å². The molecule has 1 atom stereocenters. The van der Waals surface area contributed by atoms with Gasteiger partial charge in [0, 0.05) is 11.6 Å². The van der Waals surface area contributed by atoms with Gasteiger partial charge in [-0.05, 0) is 69.2 Å². The van der Waals surface area contributed by atoms with Crippen molar-refractivity contribution in [1.82, 2.24) is 10.2 Å². The minimum Gasteiger partial charge on any atom is -0.311 e.